The monoisotopic (exact) mass is 401 g/mol. The van der Waals surface area contributed by atoms with E-state index in [1.807, 2.05) is 72.8 Å². The van der Waals surface area contributed by atoms with E-state index in [0.717, 1.165) is 23.3 Å². The topological polar surface area (TPSA) is 38.8 Å². The SMILES string of the molecule is C=CCOc1ccccc1CN(CCc1ccccc1)C(=O)OCc1ccccc1. The molecule has 0 fully saturated rings. The third kappa shape index (κ3) is 6.52. The first kappa shape index (κ1) is 21.2. The Morgan fingerprint density at radius 1 is 0.867 bits per heavy atom. The van der Waals surface area contributed by atoms with Crippen LogP contribution >= 0.6 is 0 Å². The van der Waals surface area contributed by atoms with Crippen molar-refractivity contribution >= 4 is 6.09 Å². The molecule has 0 unspecified atom stereocenters. The Balaban J connectivity index is 1.71. The summed E-state index contributed by atoms with van der Waals surface area (Å²) in [5, 5.41) is 0. The van der Waals surface area contributed by atoms with Gasteiger partial charge in [-0.2, -0.15) is 0 Å². The van der Waals surface area contributed by atoms with Crippen molar-refractivity contribution in [3.05, 3.63) is 114 Å². The molecule has 3 aromatic rings. The van der Waals surface area contributed by atoms with Gasteiger partial charge in [-0.15, -0.1) is 0 Å². The van der Waals surface area contributed by atoms with E-state index in [4.69, 9.17) is 9.47 Å². The lowest BCUT2D eigenvalue weighted by Gasteiger charge is -2.23. The average Bonchev–Trinajstić information content (AvgIpc) is 2.80. The van der Waals surface area contributed by atoms with Crippen molar-refractivity contribution in [2.45, 2.75) is 19.6 Å². The second-order valence-corrected chi connectivity index (χ2v) is 6.90. The van der Waals surface area contributed by atoms with Gasteiger partial charge in [-0.3, -0.25) is 0 Å². The van der Waals surface area contributed by atoms with Gasteiger partial charge >= 0.3 is 6.09 Å². The summed E-state index contributed by atoms with van der Waals surface area (Å²) in [5.41, 5.74) is 3.07. The largest absolute Gasteiger partial charge is 0.489 e. The third-order valence-corrected chi connectivity index (χ3v) is 4.67. The summed E-state index contributed by atoms with van der Waals surface area (Å²) in [6.07, 6.45) is 2.11. The van der Waals surface area contributed by atoms with Crippen molar-refractivity contribution in [1.82, 2.24) is 4.90 Å². The molecule has 0 aliphatic carbocycles. The number of para-hydroxylation sites is 1. The highest BCUT2D eigenvalue weighted by atomic mass is 16.6. The molecule has 0 aliphatic rings. The summed E-state index contributed by atoms with van der Waals surface area (Å²) in [6.45, 7) is 5.32. The number of hydrogen-bond acceptors (Lipinski definition) is 3. The molecule has 0 radical (unpaired) electrons. The van der Waals surface area contributed by atoms with E-state index in [-0.39, 0.29) is 12.7 Å². The lowest BCUT2D eigenvalue weighted by Crippen LogP contribution is -2.33. The average molecular weight is 402 g/mol. The molecule has 0 saturated carbocycles. The Bertz CT molecular complexity index is 925. The second kappa shape index (κ2) is 11.5. The van der Waals surface area contributed by atoms with Crippen LogP contribution in [0.3, 0.4) is 0 Å². The highest BCUT2D eigenvalue weighted by Gasteiger charge is 2.18. The Labute approximate surface area is 178 Å². The number of carbonyl (C=O) groups is 1. The Morgan fingerprint density at radius 3 is 2.20 bits per heavy atom. The van der Waals surface area contributed by atoms with Crippen LogP contribution in [0.1, 0.15) is 16.7 Å². The molecule has 154 valence electrons. The van der Waals surface area contributed by atoms with E-state index in [1.54, 1.807) is 11.0 Å². The highest BCUT2D eigenvalue weighted by molar-refractivity contribution is 5.68. The van der Waals surface area contributed by atoms with Crippen LogP contribution in [0.15, 0.2) is 97.6 Å². The molecule has 1 amide bonds. The zero-order valence-corrected chi connectivity index (χ0v) is 17.1. The molecule has 30 heavy (non-hydrogen) atoms. The van der Waals surface area contributed by atoms with E-state index in [9.17, 15) is 4.79 Å². The normalized spacial score (nSPS) is 10.3. The number of rotatable bonds is 10. The fraction of sp³-hybridized carbons (Fsp3) is 0.192. The smallest absolute Gasteiger partial charge is 0.410 e. The zero-order chi connectivity index (χ0) is 21.0. The van der Waals surface area contributed by atoms with Crippen molar-refractivity contribution in [3.63, 3.8) is 0 Å². The van der Waals surface area contributed by atoms with Gasteiger partial charge in [-0.05, 0) is 23.6 Å². The van der Waals surface area contributed by atoms with E-state index in [1.165, 1.54) is 5.56 Å². The number of carbonyl (C=O) groups excluding carboxylic acids is 1. The summed E-state index contributed by atoms with van der Waals surface area (Å²) < 4.78 is 11.4. The minimum Gasteiger partial charge on any atom is -0.489 e. The van der Waals surface area contributed by atoms with Crippen LogP contribution in [0.4, 0.5) is 4.79 Å². The number of nitrogens with zero attached hydrogens (tertiary/aromatic N) is 1. The summed E-state index contributed by atoms with van der Waals surface area (Å²) in [5.74, 6) is 0.748. The van der Waals surface area contributed by atoms with E-state index < -0.39 is 0 Å². The summed E-state index contributed by atoms with van der Waals surface area (Å²) in [6, 6.07) is 27.6. The maximum atomic E-state index is 12.9. The van der Waals surface area contributed by atoms with Gasteiger partial charge in [0.1, 0.15) is 19.0 Å². The molecule has 3 rings (SSSR count). The van der Waals surface area contributed by atoms with Crippen LogP contribution in [-0.2, 0) is 24.3 Å². The van der Waals surface area contributed by atoms with Crippen LogP contribution in [0.2, 0.25) is 0 Å². The van der Waals surface area contributed by atoms with Gasteiger partial charge in [0.2, 0.25) is 0 Å². The molecule has 0 heterocycles. The lowest BCUT2D eigenvalue weighted by molar-refractivity contribution is 0.0937. The van der Waals surface area contributed by atoms with E-state index in [0.29, 0.717) is 19.7 Å². The predicted octanol–water partition coefficient (Wildman–Crippen LogP) is 5.63. The summed E-state index contributed by atoms with van der Waals surface area (Å²) in [4.78, 5) is 14.6. The van der Waals surface area contributed by atoms with Crippen LogP contribution in [-0.4, -0.2) is 24.1 Å². The molecule has 0 atom stereocenters. The van der Waals surface area contributed by atoms with E-state index >= 15 is 0 Å². The van der Waals surface area contributed by atoms with Crippen molar-refractivity contribution in [3.8, 4) is 5.75 Å². The summed E-state index contributed by atoms with van der Waals surface area (Å²) >= 11 is 0. The van der Waals surface area contributed by atoms with Crippen molar-refractivity contribution in [2.24, 2.45) is 0 Å². The predicted molar refractivity (Wildman–Crippen MR) is 119 cm³/mol. The summed E-state index contributed by atoms with van der Waals surface area (Å²) in [7, 11) is 0. The van der Waals surface area contributed by atoms with Crippen molar-refractivity contribution < 1.29 is 14.3 Å². The van der Waals surface area contributed by atoms with Gasteiger partial charge in [-0.1, -0.05) is 91.5 Å². The van der Waals surface area contributed by atoms with Gasteiger partial charge in [0.15, 0.2) is 0 Å². The third-order valence-electron chi connectivity index (χ3n) is 4.67. The maximum Gasteiger partial charge on any atom is 0.410 e. The molecule has 4 heteroatoms. The number of amides is 1. The maximum absolute atomic E-state index is 12.9. The minimum atomic E-state index is -0.340. The van der Waals surface area contributed by atoms with Gasteiger partial charge in [-0.25, -0.2) is 4.79 Å². The molecular weight excluding hydrogens is 374 g/mol. The van der Waals surface area contributed by atoms with Gasteiger partial charge in [0.25, 0.3) is 0 Å². The second-order valence-electron chi connectivity index (χ2n) is 6.90. The first-order chi connectivity index (χ1) is 14.8. The fourth-order valence-corrected chi connectivity index (χ4v) is 3.08. The molecule has 0 aliphatic heterocycles. The molecule has 0 N–H and O–H groups in total. The molecular formula is C26H27NO3. The quantitative estimate of drug-likeness (QED) is 0.413. The van der Waals surface area contributed by atoms with E-state index in [2.05, 4.69) is 18.7 Å². The first-order valence-corrected chi connectivity index (χ1v) is 10.1. The zero-order valence-electron chi connectivity index (χ0n) is 17.1. The van der Waals surface area contributed by atoms with Crippen molar-refractivity contribution in [1.29, 1.82) is 0 Å². The van der Waals surface area contributed by atoms with Crippen LogP contribution in [0.5, 0.6) is 5.75 Å². The Morgan fingerprint density at radius 2 is 1.50 bits per heavy atom. The van der Waals surface area contributed by atoms with Crippen LogP contribution in [0.25, 0.3) is 0 Å². The number of hydrogen-bond donors (Lipinski definition) is 0. The number of benzene rings is 3. The van der Waals surface area contributed by atoms with Gasteiger partial charge in [0, 0.05) is 12.1 Å². The lowest BCUT2D eigenvalue weighted by atomic mass is 10.1. The van der Waals surface area contributed by atoms with Crippen molar-refractivity contribution in [2.75, 3.05) is 13.2 Å². The molecule has 0 bridgehead atoms. The van der Waals surface area contributed by atoms with Crippen LogP contribution in [0, 0.1) is 0 Å². The molecule has 3 aromatic carbocycles. The highest BCUT2D eigenvalue weighted by Crippen LogP contribution is 2.21. The fourth-order valence-electron chi connectivity index (χ4n) is 3.08. The van der Waals surface area contributed by atoms with Gasteiger partial charge < -0.3 is 14.4 Å². The molecule has 0 spiro atoms. The standard InChI is InChI=1S/C26H27NO3/c1-2-19-29-25-16-10-9-15-24(25)20-27(18-17-22-11-5-3-6-12-22)26(28)30-21-23-13-7-4-8-14-23/h2-16H,1,17-21H2. The molecule has 4 nitrogen and oxygen atoms in total. The first-order valence-electron chi connectivity index (χ1n) is 10.1. The van der Waals surface area contributed by atoms with Gasteiger partial charge in [0.05, 0.1) is 6.54 Å². The minimum absolute atomic E-state index is 0.246. The molecule has 0 aromatic heterocycles. The Hall–Kier alpha value is -3.53. The molecule has 0 saturated heterocycles. The number of ether oxygens (including phenoxy) is 2. The van der Waals surface area contributed by atoms with Crippen LogP contribution < -0.4 is 4.74 Å². The Kier molecular flexibility index (Phi) is 8.10.